The van der Waals surface area contributed by atoms with Crippen molar-refractivity contribution in [2.24, 2.45) is 5.73 Å². The highest BCUT2D eigenvalue weighted by atomic mass is 16.2. The van der Waals surface area contributed by atoms with Crippen LogP contribution in [0.2, 0.25) is 0 Å². The smallest absolute Gasteiger partial charge is 0.276 e. The summed E-state index contributed by atoms with van der Waals surface area (Å²) in [5.74, 6) is -0.0779. The standard InChI is InChI=1S/C17H23N5O/c1-12-6-5-7-14(10-12)22-11-15(19-20-22)17(23)21-9-4-3-8-16(21)13(2)18/h5-7,10-11,13,16H,3-4,8-9,18H2,1-2H3/t13-,16+/m0/s1. The number of hydrogen-bond acceptors (Lipinski definition) is 4. The molecule has 0 radical (unpaired) electrons. The molecule has 0 spiro atoms. The zero-order chi connectivity index (χ0) is 16.4. The first-order valence-electron chi connectivity index (χ1n) is 8.12. The van der Waals surface area contributed by atoms with E-state index >= 15 is 0 Å². The first-order chi connectivity index (χ1) is 11.1. The third-order valence-electron chi connectivity index (χ3n) is 4.40. The van der Waals surface area contributed by atoms with Gasteiger partial charge in [-0.15, -0.1) is 5.10 Å². The van der Waals surface area contributed by atoms with Gasteiger partial charge in [0.15, 0.2) is 5.69 Å². The number of nitrogens with two attached hydrogens (primary N) is 1. The fraction of sp³-hybridized carbons (Fsp3) is 0.471. The maximum atomic E-state index is 12.8. The molecule has 1 aromatic heterocycles. The van der Waals surface area contributed by atoms with Crippen molar-refractivity contribution in [3.05, 3.63) is 41.7 Å². The maximum Gasteiger partial charge on any atom is 0.276 e. The molecule has 1 aliphatic heterocycles. The molecule has 6 heteroatoms. The number of aromatic nitrogens is 3. The van der Waals surface area contributed by atoms with E-state index in [4.69, 9.17) is 5.73 Å². The predicted molar refractivity (Wildman–Crippen MR) is 88.4 cm³/mol. The summed E-state index contributed by atoms with van der Waals surface area (Å²) in [5.41, 5.74) is 8.47. The van der Waals surface area contributed by atoms with Gasteiger partial charge in [0.1, 0.15) is 0 Å². The van der Waals surface area contributed by atoms with E-state index in [1.807, 2.05) is 43.0 Å². The highest BCUT2D eigenvalue weighted by Crippen LogP contribution is 2.21. The first kappa shape index (κ1) is 15.7. The van der Waals surface area contributed by atoms with Gasteiger partial charge < -0.3 is 10.6 Å². The normalized spacial score (nSPS) is 19.6. The predicted octanol–water partition coefficient (Wildman–Crippen LogP) is 1.92. The Labute approximate surface area is 136 Å². The van der Waals surface area contributed by atoms with Crippen molar-refractivity contribution in [3.8, 4) is 5.69 Å². The van der Waals surface area contributed by atoms with Crippen LogP contribution in [0.1, 0.15) is 42.2 Å². The highest BCUT2D eigenvalue weighted by Gasteiger charge is 2.31. The minimum Gasteiger partial charge on any atom is -0.333 e. The molecule has 2 N–H and O–H groups in total. The summed E-state index contributed by atoms with van der Waals surface area (Å²) in [6, 6.07) is 7.99. The monoisotopic (exact) mass is 313 g/mol. The molecule has 2 heterocycles. The molecule has 6 nitrogen and oxygen atoms in total. The van der Waals surface area contributed by atoms with Crippen LogP contribution in [0.4, 0.5) is 0 Å². The molecule has 1 aromatic carbocycles. The molecular weight excluding hydrogens is 290 g/mol. The Balaban J connectivity index is 1.83. The molecule has 3 rings (SSSR count). The van der Waals surface area contributed by atoms with Crippen molar-refractivity contribution in [1.29, 1.82) is 0 Å². The van der Waals surface area contributed by atoms with E-state index in [1.54, 1.807) is 10.9 Å². The van der Waals surface area contributed by atoms with Crippen LogP contribution in [0.5, 0.6) is 0 Å². The van der Waals surface area contributed by atoms with Crippen molar-refractivity contribution in [2.75, 3.05) is 6.54 Å². The lowest BCUT2D eigenvalue weighted by atomic mass is 9.96. The van der Waals surface area contributed by atoms with Crippen molar-refractivity contribution in [3.63, 3.8) is 0 Å². The van der Waals surface area contributed by atoms with Crippen LogP contribution in [0.3, 0.4) is 0 Å². The lowest BCUT2D eigenvalue weighted by molar-refractivity contribution is 0.0577. The number of rotatable bonds is 3. The van der Waals surface area contributed by atoms with Crippen molar-refractivity contribution in [1.82, 2.24) is 19.9 Å². The molecule has 1 aliphatic rings. The molecule has 0 saturated carbocycles. The highest BCUT2D eigenvalue weighted by molar-refractivity contribution is 5.92. The van der Waals surface area contributed by atoms with E-state index in [9.17, 15) is 4.79 Å². The van der Waals surface area contributed by atoms with Crippen LogP contribution < -0.4 is 5.73 Å². The summed E-state index contributed by atoms with van der Waals surface area (Å²) >= 11 is 0. The van der Waals surface area contributed by atoms with Crippen molar-refractivity contribution < 1.29 is 4.79 Å². The fourth-order valence-corrected chi connectivity index (χ4v) is 3.16. The number of amides is 1. The summed E-state index contributed by atoms with van der Waals surface area (Å²) in [4.78, 5) is 14.6. The number of aryl methyl sites for hydroxylation is 1. The average Bonchev–Trinajstić information content (AvgIpc) is 3.04. The molecule has 2 atom stereocenters. The number of carbonyl (C=O) groups excluding carboxylic acids is 1. The number of carbonyl (C=O) groups is 1. The number of piperidine rings is 1. The second kappa shape index (κ2) is 6.50. The number of nitrogens with zero attached hydrogens (tertiary/aromatic N) is 4. The Bertz CT molecular complexity index is 694. The van der Waals surface area contributed by atoms with Gasteiger partial charge in [0.25, 0.3) is 5.91 Å². The fourth-order valence-electron chi connectivity index (χ4n) is 3.16. The van der Waals surface area contributed by atoms with E-state index in [-0.39, 0.29) is 18.0 Å². The zero-order valence-electron chi connectivity index (χ0n) is 13.6. The van der Waals surface area contributed by atoms with E-state index < -0.39 is 0 Å². The lowest BCUT2D eigenvalue weighted by Crippen LogP contribution is -2.51. The molecule has 23 heavy (non-hydrogen) atoms. The molecule has 1 amide bonds. The Morgan fingerprint density at radius 3 is 2.96 bits per heavy atom. The van der Waals surface area contributed by atoms with Crippen molar-refractivity contribution >= 4 is 5.91 Å². The average molecular weight is 313 g/mol. The van der Waals surface area contributed by atoms with E-state index in [2.05, 4.69) is 10.3 Å². The molecule has 0 bridgehead atoms. The summed E-state index contributed by atoms with van der Waals surface area (Å²) in [6.45, 7) is 4.72. The second-order valence-corrected chi connectivity index (χ2v) is 6.31. The van der Waals surface area contributed by atoms with Crippen LogP contribution in [0, 0.1) is 6.92 Å². The Morgan fingerprint density at radius 1 is 1.39 bits per heavy atom. The van der Waals surface area contributed by atoms with E-state index in [0.29, 0.717) is 5.69 Å². The molecule has 0 unspecified atom stereocenters. The maximum absolute atomic E-state index is 12.8. The van der Waals surface area contributed by atoms with Gasteiger partial charge in [-0.05, 0) is 50.8 Å². The largest absolute Gasteiger partial charge is 0.333 e. The summed E-state index contributed by atoms with van der Waals surface area (Å²) in [7, 11) is 0. The summed E-state index contributed by atoms with van der Waals surface area (Å²) in [5, 5.41) is 8.17. The summed E-state index contributed by atoms with van der Waals surface area (Å²) < 4.78 is 1.64. The number of likely N-dealkylation sites (tertiary alicyclic amines) is 1. The van der Waals surface area contributed by atoms with Gasteiger partial charge in [-0.1, -0.05) is 17.3 Å². The van der Waals surface area contributed by atoms with Gasteiger partial charge in [0, 0.05) is 18.6 Å². The second-order valence-electron chi connectivity index (χ2n) is 6.31. The van der Waals surface area contributed by atoms with Crippen LogP contribution in [-0.2, 0) is 0 Å². The van der Waals surface area contributed by atoms with Crippen molar-refractivity contribution in [2.45, 2.75) is 45.2 Å². The van der Waals surface area contributed by atoms with Gasteiger partial charge in [-0.25, -0.2) is 4.68 Å². The van der Waals surface area contributed by atoms with E-state index in [0.717, 1.165) is 37.1 Å². The van der Waals surface area contributed by atoms with Gasteiger partial charge in [-0.3, -0.25) is 4.79 Å². The molecule has 1 saturated heterocycles. The summed E-state index contributed by atoms with van der Waals surface area (Å²) in [6.07, 6.45) is 4.78. The number of benzene rings is 1. The van der Waals surface area contributed by atoms with Gasteiger partial charge in [0.2, 0.25) is 0 Å². The van der Waals surface area contributed by atoms with Gasteiger partial charge in [0.05, 0.1) is 11.9 Å². The molecular formula is C17H23N5O. The van der Waals surface area contributed by atoms with Crippen LogP contribution >= 0.6 is 0 Å². The number of hydrogen-bond donors (Lipinski definition) is 1. The lowest BCUT2D eigenvalue weighted by Gasteiger charge is -2.37. The Kier molecular flexibility index (Phi) is 4.43. The first-order valence-corrected chi connectivity index (χ1v) is 8.12. The molecule has 1 fully saturated rings. The molecule has 122 valence electrons. The Hall–Kier alpha value is -2.21. The zero-order valence-corrected chi connectivity index (χ0v) is 13.6. The molecule has 0 aliphatic carbocycles. The minimum absolute atomic E-state index is 0.0360. The quantitative estimate of drug-likeness (QED) is 0.939. The van der Waals surface area contributed by atoms with Gasteiger partial charge in [-0.2, -0.15) is 0 Å². The third kappa shape index (κ3) is 3.27. The minimum atomic E-state index is -0.0779. The topological polar surface area (TPSA) is 77.0 Å². The van der Waals surface area contributed by atoms with Crippen LogP contribution in [0.25, 0.3) is 5.69 Å². The Morgan fingerprint density at radius 2 is 2.22 bits per heavy atom. The van der Waals surface area contributed by atoms with Gasteiger partial charge >= 0.3 is 0 Å². The van der Waals surface area contributed by atoms with Crippen LogP contribution in [0.15, 0.2) is 30.5 Å². The van der Waals surface area contributed by atoms with E-state index in [1.165, 1.54) is 0 Å². The molecule has 2 aromatic rings. The van der Waals surface area contributed by atoms with Crippen LogP contribution in [-0.4, -0.2) is 44.4 Å². The SMILES string of the molecule is Cc1cccc(-n2cc(C(=O)N3CCCC[C@@H]3[C@H](C)N)nn2)c1. The third-order valence-corrected chi connectivity index (χ3v) is 4.40.